The number of fused-ring (bicyclic) bond motifs is 1. The Morgan fingerprint density at radius 1 is 0.862 bits per heavy atom. The second-order valence-electron chi connectivity index (χ2n) is 8.00. The van der Waals surface area contributed by atoms with Crippen molar-refractivity contribution >= 4 is 16.8 Å². The fraction of sp³-hybridized carbons (Fsp3) is 0.192. The van der Waals surface area contributed by atoms with Crippen molar-refractivity contribution in [2.45, 2.75) is 24.2 Å². The van der Waals surface area contributed by atoms with Gasteiger partial charge < -0.3 is 10.3 Å². The van der Waals surface area contributed by atoms with Crippen LogP contribution in [0.4, 0.5) is 0 Å². The van der Waals surface area contributed by atoms with Crippen LogP contribution in [0.25, 0.3) is 10.9 Å². The lowest BCUT2D eigenvalue weighted by Crippen LogP contribution is -2.36. The van der Waals surface area contributed by atoms with Crippen LogP contribution in [0.15, 0.2) is 91.1 Å². The van der Waals surface area contributed by atoms with Crippen molar-refractivity contribution in [2.24, 2.45) is 0 Å². The zero-order valence-corrected chi connectivity index (χ0v) is 16.3. The van der Waals surface area contributed by atoms with E-state index in [1.807, 2.05) is 66.7 Å². The van der Waals surface area contributed by atoms with Crippen molar-refractivity contribution < 1.29 is 4.79 Å². The summed E-state index contributed by atoms with van der Waals surface area (Å²) in [6, 6.07) is 28.5. The first-order chi connectivity index (χ1) is 14.3. The number of hydrogen-bond donors (Lipinski definition) is 2. The summed E-state index contributed by atoms with van der Waals surface area (Å²) in [5.74, 6) is -0.232. The molecule has 3 heteroatoms. The van der Waals surface area contributed by atoms with Gasteiger partial charge in [-0.1, -0.05) is 78.9 Å². The predicted molar refractivity (Wildman–Crippen MR) is 117 cm³/mol. The van der Waals surface area contributed by atoms with Gasteiger partial charge in [-0.05, 0) is 35.6 Å². The largest absolute Gasteiger partial charge is 0.361 e. The molecule has 4 aromatic rings. The Labute approximate surface area is 170 Å². The molecule has 1 saturated carbocycles. The fourth-order valence-corrected chi connectivity index (χ4v) is 4.35. The molecule has 0 aliphatic heterocycles. The molecule has 1 aliphatic carbocycles. The van der Waals surface area contributed by atoms with Gasteiger partial charge in [-0.25, -0.2) is 0 Å². The Kier molecular flexibility index (Phi) is 4.44. The normalized spacial score (nSPS) is 14.8. The van der Waals surface area contributed by atoms with Gasteiger partial charge in [0, 0.05) is 29.1 Å². The van der Waals surface area contributed by atoms with E-state index in [4.69, 9.17) is 0 Å². The smallest absolute Gasteiger partial charge is 0.232 e. The van der Waals surface area contributed by atoms with Gasteiger partial charge in [0.05, 0.1) is 5.92 Å². The average molecular weight is 380 g/mol. The third kappa shape index (κ3) is 3.33. The van der Waals surface area contributed by atoms with Crippen LogP contribution >= 0.6 is 0 Å². The number of aromatic nitrogens is 1. The topological polar surface area (TPSA) is 44.9 Å². The van der Waals surface area contributed by atoms with Gasteiger partial charge in [0.25, 0.3) is 0 Å². The summed E-state index contributed by atoms with van der Waals surface area (Å²) in [7, 11) is 0. The highest BCUT2D eigenvalue weighted by Crippen LogP contribution is 2.50. The molecule has 1 aliphatic rings. The predicted octanol–water partition coefficient (Wildman–Crippen LogP) is 5.15. The SMILES string of the molecule is O=C(NCC1(c2c[nH]c3ccccc23)CC1)C(c1ccccc1)c1ccccc1. The van der Waals surface area contributed by atoms with E-state index in [9.17, 15) is 4.79 Å². The fourth-order valence-electron chi connectivity index (χ4n) is 4.35. The molecule has 144 valence electrons. The summed E-state index contributed by atoms with van der Waals surface area (Å²) in [5.41, 5.74) is 4.57. The Hall–Kier alpha value is -3.33. The van der Waals surface area contributed by atoms with Crippen LogP contribution in [-0.4, -0.2) is 17.4 Å². The molecule has 3 nitrogen and oxygen atoms in total. The molecule has 0 spiro atoms. The van der Waals surface area contributed by atoms with Crippen LogP contribution in [0.1, 0.15) is 35.4 Å². The minimum atomic E-state index is -0.295. The van der Waals surface area contributed by atoms with Gasteiger partial charge in [-0.3, -0.25) is 4.79 Å². The summed E-state index contributed by atoms with van der Waals surface area (Å²) >= 11 is 0. The van der Waals surface area contributed by atoms with Gasteiger partial charge in [-0.15, -0.1) is 0 Å². The molecule has 0 unspecified atom stereocenters. The number of carbonyl (C=O) groups excluding carboxylic acids is 1. The lowest BCUT2D eigenvalue weighted by Gasteiger charge is -2.21. The maximum Gasteiger partial charge on any atom is 0.232 e. The summed E-state index contributed by atoms with van der Waals surface area (Å²) in [5, 5.41) is 4.55. The number of aromatic amines is 1. The summed E-state index contributed by atoms with van der Waals surface area (Å²) in [6.45, 7) is 0.670. The Morgan fingerprint density at radius 3 is 2.07 bits per heavy atom. The molecule has 0 atom stereocenters. The van der Waals surface area contributed by atoms with Gasteiger partial charge in [0.1, 0.15) is 0 Å². The summed E-state index contributed by atoms with van der Waals surface area (Å²) < 4.78 is 0. The Morgan fingerprint density at radius 2 is 1.45 bits per heavy atom. The third-order valence-electron chi connectivity index (χ3n) is 6.14. The van der Waals surface area contributed by atoms with Crippen LogP contribution in [0.2, 0.25) is 0 Å². The van der Waals surface area contributed by atoms with Crippen molar-refractivity contribution in [1.82, 2.24) is 10.3 Å². The molecule has 2 N–H and O–H groups in total. The first-order valence-electron chi connectivity index (χ1n) is 10.2. The lowest BCUT2D eigenvalue weighted by molar-refractivity contribution is -0.121. The number of hydrogen-bond acceptors (Lipinski definition) is 1. The van der Waals surface area contributed by atoms with Crippen molar-refractivity contribution in [2.75, 3.05) is 6.54 Å². The summed E-state index contributed by atoms with van der Waals surface area (Å²) in [4.78, 5) is 16.7. The average Bonchev–Trinajstić information content (AvgIpc) is 3.44. The van der Waals surface area contributed by atoms with Crippen LogP contribution in [0.3, 0.4) is 0 Å². The maximum absolute atomic E-state index is 13.3. The number of para-hydroxylation sites is 1. The second-order valence-corrected chi connectivity index (χ2v) is 8.00. The van der Waals surface area contributed by atoms with E-state index in [0.717, 1.165) is 29.5 Å². The van der Waals surface area contributed by atoms with Crippen LogP contribution in [0.5, 0.6) is 0 Å². The minimum Gasteiger partial charge on any atom is -0.361 e. The lowest BCUT2D eigenvalue weighted by atomic mass is 9.89. The number of rotatable bonds is 6. The van der Waals surface area contributed by atoms with Gasteiger partial charge >= 0.3 is 0 Å². The van der Waals surface area contributed by atoms with Crippen molar-refractivity contribution in [1.29, 1.82) is 0 Å². The zero-order chi connectivity index (χ0) is 19.7. The molecule has 5 rings (SSSR count). The number of H-pyrrole nitrogens is 1. The number of nitrogens with one attached hydrogen (secondary N) is 2. The van der Waals surface area contributed by atoms with Crippen LogP contribution in [-0.2, 0) is 10.2 Å². The van der Waals surface area contributed by atoms with E-state index in [0.29, 0.717) is 6.54 Å². The Balaban J connectivity index is 1.40. The van der Waals surface area contributed by atoms with E-state index < -0.39 is 0 Å². The monoisotopic (exact) mass is 380 g/mol. The molecule has 3 aromatic carbocycles. The molecule has 29 heavy (non-hydrogen) atoms. The Bertz CT molecular complexity index is 1090. The van der Waals surface area contributed by atoms with Gasteiger partial charge in [-0.2, -0.15) is 0 Å². The molecule has 1 fully saturated rings. The number of amides is 1. The van der Waals surface area contributed by atoms with E-state index in [-0.39, 0.29) is 17.2 Å². The highest BCUT2D eigenvalue weighted by atomic mass is 16.1. The molecule has 1 aromatic heterocycles. The second kappa shape index (κ2) is 7.25. The molecule has 1 amide bonds. The van der Waals surface area contributed by atoms with Gasteiger partial charge in [0.15, 0.2) is 0 Å². The number of carbonyl (C=O) groups is 1. The molecular weight excluding hydrogens is 356 g/mol. The van der Waals surface area contributed by atoms with Crippen molar-refractivity contribution in [3.8, 4) is 0 Å². The molecule has 0 radical (unpaired) electrons. The summed E-state index contributed by atoms with van der Waals surface area (Å²) in [6.07, 6.45) is 4.34. The van der Waals surface area contributed by atoms with Crippen LogP contribution < -0.4 is 5.32 Å². The van der Waals surface area contributed by atoms with E-state index in [1.165, 1.54) is 10.9 Å². The molecule has 0 saturated heterocycles. The van der Waals surface area contributed by atoms with E-state index in [2.05, 4.69) is 34.7 Å². The zero-order valence-electron chi connectivity index (χ0n) is 16.3. The number of benzene rings is 3. The molecule has 1 heterocycles. The quantitative estimate of drug-likeness (QED) is 0.477. The minimum absolute atomic E-state index is 0.0488. The standard InChI is InChI=1S/C26H24N2O/c29-25(24(19-9-3-1-4-10-19)20-11-5-2-6-12-20)28-18-26(15-16-26)22-17-27-23-14-8-7-13-21(22)23/h1-14,17,24,27H,15-16,18H2,(H,28,29). The van der Waals surface area contributed by atoms with Crippen molar-refractivity contribution in [3.05, 3.63) is 108 Å². The van der Waals surface area contributed by atoms with E-state index >= 15 is 0 Å². The van der Waals surface area contributed by atoms with E-state index in [1.54, 1.807) is 0 Å². The highest BCUT2D eigenvalue weighted by Gasteiger charge is 2.46. The highest BCUT2D eigenvalue weighted by molar-refractivity contribution is 5.88. The molecule has 0 bridgehead atoms. The maximum atomic E-state index is 13.3. The van der Waals surface area contributed by atoms with Crippen molar-refractivity contribution in [3.63, 3.8) is 0 Å². The first kappa shape index (κ1) is 17.7. The molecular formula is C26H24N2O. The van der Waals surface area contributed by atoms with Crippen LogP contribution in [0, 0.1) is 0 Å². The van der Waals surface area contributed by atoms with Gasteiger partial charge in [0.2, 0.25) is 5.91 Å². The third-order valence-corrected chi connectivity index (χ3v) is 6.14. The first-order valence-corrected chi connectivity index (χ1v) is 10.2.